The normalized spacial score (nSPS) is 12.1. The molecule has 0 fully saturated rings. The number of hydrogen-bond acceptors (Lipinski definition) is 2. The minimum atomic E-state index is -1.22. The Labute approximate surface area is 80.0 Å². The first-order valence-corrected chi connectivity index (χ1v) is 4.00. The summed E-state index contributed by atoms with van der Waals surface area (Å²) in [5.41, 5.74) is 0.346. The van der Waals surface area contributed by atoms with Gasteiger partial charge in [-0.2, -0.15) is 0 Å². The number of nitrogens with one attached hydrogen (secondary N) is 1. The van der Waals surface area contributed by atoms with E-state index in [4.69, 9.17) is 5.11 Å². The summed E-state index contributed by atoms with van der Waals surface area (Å²) in [6, 6.07) is 5.39. The highest BCUT2D eigenvalue weighted by atomic mass is 19.1. The first-order valence-electron chi connectivity index (χ1n) is 4.00. The zero-order valence-electron chi connectivity index (χ0n) is 7.27. The molecule has 0 heterocycles. The van der Waals surface area contributed by atoms with Crippen LogP contribution >= 0.6 is 0 Å². The molecule has 3 N–H and O–H groups in total. The van der Waals surface area contributed by atoms with Crippen LogP contribution in [0.25, 0.3) is 0 Å². The number of benzene rings is 1. The molecule has 0 aliphatic carbocycles. The minimum Gasteiger partial charge on any atom is -0.465 e. The lowest BCUT2D eigenvalue weighted by Gasteiger charge is -2.10. The fourth-order valence-electron chi connectivity index (χ4n) is 1.02. The number of aliphatic hydroxyl groups is 1. The second-order valence-corrected chi connectivity index (χ2v) is 2.76. The summed E-state index contributed by atoms with van der Waals surface area (Å²) in [7, 11) is 0. The molecular weight excluding hydrogens is 189 g/mol. The largest absolute Gasteiger partial charge is 0.465 e. The summed E-state index contributed by atoms with van der Waals surface area (Å²) < 4.78 is 12.7. The summed E-state index contributed by atoms with van der Waals surface area (Å²) in [6.45, 7) is -0.154. The van der Waals surface area contributed by atoms with Gasteiger partial charge in [0.1, 0.15) is 5.82 Å². The molecule has 0 aliphatic heterocycles. The Kier molecular flexibility index (Phi) is 3.41. The topological polar surface area (TPSA) is 69.6 Å². The second-order valence-electron chi connectivity index (χ2n) is 2.76. The molecule has 0 radical (unpaired) electrons. The van der Waals surface area contributed by atoms with Gasteiger partial charge in [0, 0.05) is 0 Å². The maximum absolute atomic E-state index is 12.7. The zero-order chi connectivity index (χ0) is 10.6. The number of carbonyl (C=O) groups is 1. The van der Waals surface area contributed by atoms with Gasteiger partial charge in [-0.3, -0.25) is 0 Å². The Balaban J connectivity index is 2.60. The van der Waals surface area contributed by atoms with E-state index in [1.807, 2.05) is 5.32 Å². The van der Waals surface area contributed by atoms with Crippen molar-refractivity contribution < 1.29 is 19.4 Å². The van der Waals surface area contributed by atoms with Crippen molar-refractivity contribution in [2.45, 2.75) is 6.10 Å². The lowest BCUT2D eigenvalue weighted by atomic mass is 10.1. The molecule has 0 aromatic heterocycles. The molecule has 0 aliphatic rings. The van der Waals surface area contributed by atoms with E-state index < -0.39 is 18.0 Å². The molecule has 0 unspecified atom stereocenters. The number of halogens is 1. The number of hydrogen-bond donors (Lipinski definition) is 3. The average Bonchev–Trinajstić information content (AvgIpc) is 2.14. The average molecular weight is 199 g/mol. The molecule has 1 aromatic carbocycles. The van der Waals surface area contributed by atoms with E-state index in [0.29, 0.717) is 5.56 Å². The van der Waals surface area contributed by atoms with Crippen LogP contribution in [0, 0.1) is 5.82 Å². The highest BCUT2D eigenvalue weighted by Crippen LogP contribution is 2.12. The standard InChI is InChI=1S/C9H10FNO3/c10-7-3-1-2-6(4-7)8(12)5-11-9(13)14/h1-4,8,11-12H,5H2,(H,13,14)/t8-/m0/s1. The van der Waals surface area contributed by atoms with Gasteiger partial charge < -0.3 is 15.5 Å². The lowest BCUT2D eigenvalue weighted by molar-refractivity contribution is 0.158. The van der Waals surface area contributed by atoms with E-state index in [1.54, 1.807) is 0 Å². The maximum Gasteiger partial charge on any atom is 0.404 e. The predicted octanol–water partition coefficient (Wildman–Crippen LogP) is 1.13. The van der Waals surface area contributed by atoms with Crippen molar-refractivity contribution in [3.63, 3.8) is 0 Å². The smallest absolute Gasteiger partial charge is 0.404 e. The molecule has 4 nitrogen and oxygen atoms in total. The van der Waals surface area contributed by atoms with Crippen LogP contribution in [0.2, 0.25) is 0 Å². The number of carboxylic acid groups (broad SMARTS) is 1. The first kappa shape index (κ1) is 10.5. The SMILES string of the molecule is O=C(O)NC[C@H](O)c1cccc(F)c1. The molecule has 0 saturated carbocycles. The molecule has 1 rings (SSSR count). The molecule has 14 heavy (non-hydrogen) atoms. The highest BCUT2D eigenvalue weighted by Gasteiger charge is 2.08. The molecule has 1 amide bonds. The van der Waals surface area contributed by atoms with E-state index in [-0.39, 0.29) is 6.54 Å². The van der Waals surface area contributed by atoms with Crippen molar-refractivity contribution in [3.8, 4) is 0 Å². The van der Waals surface area contributed by atoms with Gasteiger partial charge in [-0.25, -0.2) is 9.18 Å². The van der Waals surface area contributed by atoms with Crippen LogP contribution in [0.15, 0.2) is 24.3 Å². The molecule has 76 valence electrons. The Morgan fingerprint density at radius 1 is 1.57 bits per heavy atom. The molecule has 0 saturated heterocycles. The summed E-state index contributed by atoms with van der Waals surface area (Å²) in [5.74, 6) is -0.461. The van der Waals surface area contributed by atoms with E-state index in [1.165, 1.54) is 18.2 Å². The van der Waals surface area contributed by atoms with Gasteiger partial charge in [0.2, 0.25) is 0 Å². The summed E-state index contributed by atoms with van der Waals surface area (Å²) in [6.07, 6.45) is -2.25. The van der Waals surface area contributed by atoms with Crippen LogP contribution in [0.3, 0.4) is 0 Å². The first-order chi connectivity index (χ1) is 6.59. The van der Waals surface area contributed by atoms with Gasteiger partial charge in [0.15, 0.2) is 0 Å². The van der Waals surface area contributed by atoms with Crippen LogP contribution in [0.4, 0.5) is 9.18 Å². The molecule has 0 spiro atoms. The van der Waals surface area contributed by atoms with Crippen LogP contribution in [-0.4, -0.2) is 22.9 Å². The van der Waals surface area contributed by atoms with Crippen molar-refractivity contribution in [1.29, 1.82) is 0 Å². The van der Waals surface area contributed by atoms with Crippen LogP contribution in [0.1, 0.15) is 11.7 Å². The summed E-state index contributed by atoms with van der Waals surface area (Å²) >= 11 is 0. The third-order valence-corrected chi connectivity index (χ3v) is 1.68. The Morgan fingerprint density at radius 3 is 2.86 bits per heavy atom. The number of aliphatic hydroxyl groups excluding tert-OH is 1. The van der Waals surface area contributed by atoms with E-state index >= 15 is 0 Å². The van der Waals surface area contributed by atoms with E-state index in [9.17, 15) is 14.3 Å². The zero-order valence-corrected chi connectivity index (χ0v) is 7.27. The quantitative estimate of drug-likeness (QED) is 0.683. The van der Waals surface area contributed by atoms with Gasteiger partial charge in [-0.15, -0.1) is 0 Å². The van der Waals surface area contributed by atoms with Crippen molar-refractivity contribution in [2.24, 2.45) is 0 Å². The Morgan fingerprint density at radius 2 is 2.29 bits per heavy atom. The summed E-state index contributed by atoms with van der Waals surface area (Å²) in [4.78, 5) is 10.1. The minimum absolute atomic E-state index is 0.154. The van der Waals surface area contributed by atoms with Crippen molar-refractivity contribution in [2.75, 3.05) is 6.54 Å². The highest BCUT2D eigenvalue weighted by molar-refractivity contribution is 5.64. The van der Waals surface area contributed by atoms with Gasteiger partial charge in [0.25, 0.3) is 0 Å². The predicted molar refractivity (Wildman–Crippen MR) is 47.4 cm³/mol. The van der Waals surface area contributed by atoms with E-state index in [2.05, 4.69) is 0 Å². The lowest BCUT2D eigenvalue weighted by Crippen LogP contribution is -2.26. The van der Waals surface area contributed by atoms with Gasteiger partial charge in [-0.05, 0) is 17.7 Å². The molecule has 0 bridgehead atoms. The number of amides is 1. The second kappa shape index (κ2) is 4.57. The third-order valence-electron chi connectivity index (χ3n) is 1.68. The summed E-state index contributed by atoms with van der Waals surface area (Å²) in [5, 5.41) is 19.7. The van der Waals surface area contributed by atoms with Gasteiger partial charge in [0.05, 0.1) is 12.6 Å². The molecule has 1 atom stereocenters. The van der Waals surface area contributed by atoms with Gasteiger partial charge in [-0.1, -0.05) is 12.1 Å². The number of rotatable bonds is 3. The molecule has 5 heteroatoms. The Hall–Kier alpha value is -1.62. The van der Waals surface area contributed by atoms with Gasteiger partial charge >= 0.3 is 6.09 Å². The third kappa shape index (κ3) is 3.02. The fraction of sp³-hybridized carbons (Fsp3) is 0.222. The maximum atomic E-state index is 12.7. The van der Waals surface area contributed by atoms with Crippen LogP contribution in [0.5, 0.6) is 0 Å². The van der Waals surface area contributed by atoms with Crippen LogP contribution in [-0.2, 0) is 0 Å². The van der Waals surface area contributed by atoms with Crippen molar-refractivity contribution in [1.82, 2.24) is 5.32 Å². The Bertz CT molecular complexity index is 330. The monoisotopic (exact) mass is 199 g/mol. The van der Waals surface area contributed by atoms with Crippen molar-refractivity contribution >= 4 is 6.09 Å². The van der Waals surface area contributed by atoms with Crippen molar-refractivity contribution in [3.05, 3.63) is 35.6 Å². The van der Waals surface area contributed by atoms with E-state index in [0.717, 1.165) is 6.07 Å². The molecular formula is C9H10FNO3. The fourth-order valence-corrected chi connectivity index (χ4v) is 1.02. The van der Waals surface area contributed by atoms with Crippen LogP contribution < -0.4 is 5.32 Å². The molecule has 1 aromatic rings.